The lowest BCUT2D eigenvalue weighted by Gasteiger charge is -2.22. The fourth-order valence-electron chi connectivity index (χ4n) is 3.50. The van der Waals surface area contributed by atoms with Crippen LogP contribution in [0.1, 0.15) is 52.1 Å². The molecule has 1 aromatic carbocycles. The van der Waals surface area contributed by atoms with Gasteiger partial charge in [-0.15, -0.1) is 5.10 Å². The molecule has 0 unspecified atom stereocenters. The summed E-state index contributed by atoms with van der Waals surface area (Å²) in [6, 6.07) is 11.2. The average molecular weight is 443 g/mol. The molecule has 0 spiro atoms. The summed E-state index contributed by atoms with van der Waals surface area (Å²) in [7, 11) is 0. The number of unbranched alkanes of at least 4 members (excludes halogenated alkanes) is 2. The normalized spacial score (nSPS) is 11.1. The molecular formula is C24H31ClN4O2. The molecule has 7 heteroatoms. The molecule has 31 heavy (non-hydrogen) atoms. The van der Waals surface area contributed by atoms with Crippen LogP contribution in [-0.2, 0) is 11.2 Å². The molecule has 3 rings (SSSR count). The summed E-state index contributed by atoms with van der Waals surface area (Å²) in [6.07, 6.45) is 4.34. The van der Waals surface area contributed by atoms with Gasteiger partial charge in [0.2, 0.25) is 11.8 Å². The summed E-state index contributed by atoms with van der Waals surface area (Å²) in [5, 5.41) is 5.26. The van der Waals surface area contributed by atoms with Crippen molar-refractivity contribution in [3.05, 3.63) is 47.1 Å². The average Bonchev–Trinajstić information content (AvgIpc) is 3.12. The summed E-state index contributed by atoms with van der Waals surface area (Å²) < 4.78 is 7.33. The molecule has 0 saturated heterocycles. The molecule has 0 saturated carbocycles. The van der Waals surface area contributed by atoms with Gasteiger partial charge in [0.15, 0.2) is 5.65 Å². The third-order valence-electron chi connectivity index (χ3n) is 5.19. The maximum Gasteiger partial charge on any atom is 0.231 e. The van der Waals surface area contributed by atoms with Crippen molar-refractivity contribution in [2.24, 2.45) is 0 Å². The van der Waals surface area contributed by atoms with Gasteiger partial charge in [-0.25, -0.2) is 9.50 Å². The van der Waals surface area contributed by atoms with E-state index in [1.165, 1.54) is 0 Å². The fourth-order valence-corrected chi connectivity index (χ4v) is 3.62. The summed E-state index contributed by atoms with van der Waals surface area (Å²) in [5.41, 5.74) is 3.10. The Morgan fingerprint density at radius 2 is 1.71 bits per heavy atom. The summed E-state index contributed by atoms with van der Waals surface area (Å²) in [5.74, 6) is 0.611. The summed E-state index contributed by atoms with van der Waals surface area (Å²) >= 11 is 6.08. The smallest absolute Gasteiger partial charge is 0.231 e. The van der Waals surface area contributed by atoms with Gasteiger partial charge in [-0.3, -0.25) is 4.79 Å². The first kappa shape index (κ1) is 23.1. The largest absolute Gasteiger partial charge is 0.477 e. The lowest BCUT2D eigenvalue weighted by Crippen LogP contribution is -2.34. The van der Waals surface area contributed by atoms with E-state index >= 15 is 0 Å². The van der Waals surface area contributed by atoms with Crippen LogP contribution in [0, 0.1) is 0 Å². The van der Waals surface area contributed by atoms with Crippen molar-refractivity contribution in [2.75, 3.05) is 19.7 Å². The van der Waals surface area contributed by atoms with Gasteiger partial charge in [0.25, 0.3) is 0 Å². The lowest BCUT2D eigenvalue weighted by atomic mass is 10.1. The van der Waals surface area contributed by atoms with Crippen LogP contribution in [0.3, 0.4) is 0 Å². The minimum atomic E-state index is 0.0996. The third kappa shape index (κ3) is 5.76. The van der Waals surface area contributed by atoms with Crippen molar-refractivity contribution in [1.82, 2.24) is 19.5 Å². The highest BCUT2D eigenvalue weighted by molar-refractivity contribution is 6.30. The van der Waals surface area contributed by atoms with Crippen molar-refractivity contribution in [2.45, 2.75) is 52.9 Å². The Labute approximate surface area is 189 Å². The predicted molar refractivity (Wildman–Crippen MR) is 125 cm³/mol. The molecule has 0 bridgehead atoms. The van der Waals surface area contributed by atoms with Gasteiger partial charge in [0.1, 0.15) is 0 Å². The number of fused-ring (bicyclic) bond motifs is 1. The minimum absolute atomic E-state index is 0.0996. The van der Waals surface area contributed by atoms with Crippen molar-refractivity contribution in [3.63, 3.8) is 0 Å². The van der Waals surface area contributed by atoms with Crippen LogP contribution in [-0.4, -0.2) is 45.1 Å². The van der Waals surface area contributed by atoms with E-state index in [-0.39, 0.29) is 12.3 Å². The highest BCUT2D eigenvalue weighted by Crippen LogP contribution is 2.27. The number of aromatic nitrogens is 3. The number of carbonyl (C=O) groups excluding carboxylic acids is 1. The first-order valence-corrected chi connectivity index (χ1v) is 11.5. The van der Waals surface area contributed by atoms with Gasteiger partial charge in [-0.1, -0.05) is 50.4 Å². The Morgan fingerprint density at radius 1 is 1.03 bits per heavy atom. The second-order valence-corrected chi connectivity index (χ2v) is 7.99. The van der Waals surface area contributed by atoms with E-state index in [0.29, 0.717) is 23.2 Å². The topological polar surface area (TPSA) is 59.7 Å². The van der Waals surface area contributed by atoms with Gasteiger partial charge in [-0.05, 0) is 38.0 Å². The molecule has 1 amide bonds. The van der Waals surface area contributed by atoms with Crippen molar-refractivity contribution < 1.29 is 9.53 Å². The zero-order valence-electron chi connectivity index (χ0n) is 18.6. The maximum absolute atomic E-state index is 13.3. The molecule has 6 nitrogen and oxygen atoms in total. The minimum Gasteiger partial charge on any atom is -0.477 e. The number of imidazole rings is 1. The number of nitrogens with zero attached hydrogens (tertiary/aromatic N) is 4. The van der Waals surface area contributed by atoms with Gasteiger partial charge in [0, 0.05) is 29.7 Å². The Hall–Kier alpha value is -2.60. The molecule has 0 aliphatic rings. The van der Waals surface area contributed by atoms with Gasteiger partial charge < -0.3 is 9.64 Å². The van der Waals surface area contributed by atoms with E-state index in [1.807, 2.05) is 42.2 Å². The fraction of sp³-hybridized carbons (Fsp3) is 0.458. The van der Waals surface area contributed by atoms with Crippen LogP contribution in [0.5, 0.6) is 5.88 Å². The van der Waals surface area contributed by atoms with Crippen LogP contribution in [0.4, 0.5) is 0 Å². The van der Waals surface area contributed by atoms with Gasteiger partial charge in [-0.2, -0.15) is 0 Å². The Bertz CT molecular complexity index is 993. The number of rotatable bonds is 11. The molecule has 166 valence electrons. The molecule has 2 aromatic heterocycles. The second-order valence-electron chi connectivity index (χ2n) is 7.55. The molecule has 0 N–H and O–H groups in total. The SMILES string of the molecule is CCCCN(CCCC)C(=O)Cc1c(-c2ccc(Cl)cc2)nc2ccc(OCC)nn12. The maximum atomic E-state index is 13.3. The first-order valence-electron chi connectivity index (χ1n) is 11.1. The van der Waals surface area contributed by atoms with Crippen LogP contribution < -0.4 is 4.74 Å². The monoisotopic (exact) mass is 442 g/mol. The van der Waals surface area contributed by atoms with Crippen molar-refractivity contribution >= 4 is 23.2 Å². The molecule has 0 aliphatic carbocycles. The molecule has 0 radical (unpaired) electrons. The molecule has 0 aliphatic heterocycles. The van der Waals surface area contributed by atoms with Crippen molar-refractivity contribution in [1.29, 1.82) is 0 Å². The number of ether oxygens (including phenoxy) is 1. The number of hydrogen-bond donors (Lipinski definition) is 0. The standard InChI is InChI=1S/C24H31ClN4O2/c1-4-7-15-28(16-8-5-2)23(30)17-20-24(18-9-11-19(25)12-10-18)26-21-13-14-22(31-6-3)27-29(20)21/h9-14H,4-8,15-17H2,1-3H3. The number of hydrogen-bond acceptors (Lipinski definition) is 4. The Morgan fingerprint density at radius 3 is 2.32 bits per heavy atom. The number of amides is 1. The second kappa shape index (κ2) is 11.1. The highest BCUT2D eigenvalue weighted by atomic mass is 35.5. The zero-order valence-corrected chi connectivity index (χ0v) is 19.4. The summed E-state index contributed by atoms with van der Waals surface area (Å²) in [4.78, 5) is 20.1. The van der Waals surface area contributed by atoms with Gasteiger partial charge >= 0.3 is 0 Å². The van der Waals surface area contributed by atoms with Crippen LogP contribution in [0.15, 0.2) is 36.4 Å². The quantitative estimate of drug-likeness (QED) is 0.397. The highest BCUT2D eigenvalue weighted by Gasteiger charge is 2.21. The lowest BCUT2D eigenvalue weighted by molar-refractivity contribution is -0.130. The van der Waals surface area contributed by atoms with Gasteiger partial charge in [0.05, 0.1) is 24.4 Å². The van der Waals surface area contributed by atoms with E-state index < -0.39 is 0 Å². The number of halogens is 1. The van der Waals surface area contributed by atoms with E-state index in [4.69, 9.17) is 21.3 Å². The molecule has 2 heterocycles. The van der Waals surface area contributed by atoms with E-state index in [9.17, 15) is 4.79 Å². The number of benzene rings is 1. The number of carbonyl (C=O) groups is 1. The molecule has 0 fully saturated rings. The Balaban J connectivity index is 2.02. The Kier molecular flexibility index (Phi) is 8.29. The van der Waals surface area contributed by atoms with E-state index in [1.54, 1.807) is 10.6 Å². The summed E-state index contributed by atoms with van der Waals surface area (Å²) in [6.45, 7) is 8.28. The van der Waals surface area contributed by atoms with Crippen molar-refractivity contribution in [3.8, 4) is 17.1 Å². The first-order chi connectivity index (χ1) is 15.1. The van der Waals surface area contributed by atoms with Crippen LogP contribution in [0.2, 0.25) is 5.02 Å². The van der Waals surface area contributed by atoms with E-state index in [2.05, 4.69) is 18.9 Å². The van der Waals surface area contributed by atoms with Crippen LogP contribution in [0.25, 0.3) is 16.9 Å². The molecular weight excluding hydrogens is 412 g/mol. The molecule has 3 aromatic rings. The predicted octanol–water partition coefficient (Wildman–Crippen LogP) is 5.42. The molecule has 0 atom stereocenters. The third-order valence-corrected chi connectivity index (χ3v) is 5.44. The van der Waals surface area contributed by atoms with Crippen LogP contribution >= 0.6 is 11.6 Å². The zero-order chi connectivity index (χ0) is 22.2. The van der Waals surface area contributed by atoms with E-state index in [0.717, 1.165) is 55.7 Å².